The third-order valence-electron chi connectivity index (χ3n) is 1.58. The highest BCUT2D eigenvalue weighted by Gasteiger charge is 2.26. The van der Waals surface area contributed by atoms with Gasteiger partial charge in [-0.2, -0.15) is 0 Å². The van der Waals surface area contributed by atoms with E-state index < -0.39 is 0 Å². The molecule has 1 aliphatic rings. The van der Waals surface area contributed by atoms with E-state index in [1.54, 1.807) is 6.92 Å². The molecule has 0 aromatic heterocycles. The van der Waals surface area contributed by atoms with Crippen molar-refractivity contribution in [3.63, 3.8) is 0 Å². The Hall–Kier alpha value is -0.0300. The number of carbonyl (C=O) groups is 1. The quantitative estimate of drug-likeness (QED) is 0.446. The second kappa shape index (κ2) is 5.00. The van der Waals surface area contributed by atoms with E-state index in [2.05, 4.69) is 31.9 Å². The number of hydrogen-bond donors (Lipinski definition) is 0. The maximum atomic E-state index is 11.2. The molecule has 1 atom stereocenters. The fourth-order valence-corrected chi connectivity index (χ4v) is 2.35. The van der Waals surface area contributed by atoms with E-state index in [0.29, 0.717) is 23.5 Å². The van der Waals surface area contributed by atoms with Gasteiger partial charge in [-0.25, -0.2) is 4.79 Å². The van der Waals surface area contributed by atoms with Crippen LogP contribution in [0, 0.1) is 0 Å². The van der Waals surface area contributed by atoms with Gasteiger partial charge in [-0.05, 0) is 22.9 Å². The van der Waals surface area contributed by atoms with Crippen molar-refractivity contribution in [1.82, 2.24) is 0 Å². The van der Waals surface area contributed by atoms with Crippen molar-refractivity contribution in [3.8, 4) is 0 Å². The summed E-state index contributed by atoms with van der Waals surface area (Å²) in [7, 11) is 0. The third kappa shape index (κ3) is 2.71. The van der Waals surface area contributed by atoms with E-state index >= 15 is 0 Å². The second-order valence-corrected chi connectivity index (χ2v) is 4.40. The van der Waals surface area contributed by atoms with E-state index in [9.17, 15) is 4.79 Å². The van der Waals surface area contributed by atoms with Gasteiger partial charge in [-0.1, -0.05) is 15.9 Å². The Kier molecular flexibility index (Phi) is 4.25. The number of halogens is 2. The van der Waals surface area contributed by atoms with Gasteiger partial charge in [0, 0.05) is 6.42 Å². The normalized spacial score (nSPS) is 25.3. The first-order valence-corrected chi connectivity index (χ1v) is 5.71. The van der Waals surface area contributed by atoms with Crippen molar-refractivity contribution in [2.24, 2.45) is 0 Å². The Balaban J connectivity index is 2.72. The molecule has 3 nitrogen and oxygen atoms in total. The highest BCUT2D eigenvalue weighted by Crippen LogP contribution is 2.30. The van der Waals surface area contributed by atoms with E-state index in [4.69, 9.17) is 9.47 Å². The summed E-state index contributed by atoms with van der Waals surface area (Å²) in [5.74, 6) is 0.266. The number of ether oxygens (including phenoxy) is 2. The van der Waals surface area contributed by atoms with E-state index in [1.807, 2.05) is 0 Å². The molecule has 0 bridgehead atoms. The van der Waals surface area contributed by atoms with Crippen LogP contribution in [0.4, 0.5) is 0 Å². The molecular formula is C8H10Br2O3. The van der Waals surface area contributed by atoms with Crippen LogP contribution in [0.25, 0.3) is 0 Å². The smallest absolute Gasteiger partial charge is 0.348 e. The molecule has 5 heteroatoms. The summed E-state index contributed by atoms with van der Waals surface area (Å²) in [6.45, 7) is 2.78. The molecule has 1 heterocycles. The van der Waals surface area contributed by atoms with Crippen LogP contribution < -0.4 is 0 Å². The molecule has 1 aliphatic heterocycles. The van der Waals surface area contributed by atoms with Gasteiger partial charge in [0.25, 0.3) is 0 Å². The van der Waals surface area contributed by atoms with Gasteiger partial charge < -0.3 is 9.47 Å². The fraction of sp³-hybridized carbons (Fsp3) is 0.625. The lowest BCUT2D eigenvalue weighted by atomic mass is 10.3. The number of carbonyl (C=O) groups excluding carboxylic acids is 1. The lowest BCUT2D eigenvalue weighted by Crippen LogP contribution is -2.08. The minimum atomic E-state index is -0.371. The molecule has 0 saturated carbocycles. The van der Waals surface area contributed by atoms with Gasteiger partial charge in [-0.15, -0.1) is 0 Å². The monoisotopic (exact) mass is 312 g/mol. The Labute approximate surface area is 93.7 Å². The molecule has 1 unspecified atom stereocenters. The van der Waals surface area contributed by atoms with Crippen LogP contribution >= 0.6 is 31.9 Å². The highest BCUT2D eigenvalue weighted by atomic mass is 79.9. The molecule has 1 saturated heterocycles. The van der Waals surface area contributed by atoms with Crippen molar-refractivity contribution in [3.05, 3.63) is 10.2 Å². The lowest BCUT2D eigenvalue weighted by molar-refractivity contribution is -0.137. The Morgan fingerprint density at radius 3 is 2.92 bits per heavy atom. The number of alkyl halides is 1. The average molecular weight is 314 g/mol. The van der Waals surface area contributed by atoms with Crippen molar-refractivity contribution in [2.45, 2.75) is 18.2 Å². The Morgan fingerprint density at radius 1 is 1.77 bits per heavy atom. The molecule has 1 fully saturated rings. The van der Waals surface area contributed by atoms with Crippen LogP contribution in [0.15, 0.2) is 10.2 Å². The SMILES string of the molecule is CCOC(=O)/C(Br)=C1\OCCC1Br. The van der Waals surface area contributed by atoms with Crippen LogP contribution in [-0.4, -0.2) is 24.0 Å². The molecule has 1 rings (SSSR count). The van der Waals surface area contributed by atoms with Crippen molar-refractivity contribution >= 4 is 37.8 Å². The lowest BCUT2D eigenvalue weighted by Gasteiger charge is -2.06. The Bertz CT molecular complexity index is 238. The zero-order valence-corrected chi connectivity index (χ0v) is 10.4. The first-order chi connectivity index (χ1) is 6.16. The maximum absolute atomic E-state index is 11.2. The third-order valence-corrected chi connectivity index (χ3v) is 3.17. The second-order valence-electron chi connectivity index (χ2n) is 2.50. The number of allylic oxidation sites excluding steroid dienone is 1. The molecule has 0 spiro atoms. The van der Waals surface area contributed by atoms with Gasteiger partial charge >= 0.3 is 5.97 Å². The van der Waals surface area contributed by atoms with Crippen molar-refractivity contribution < 1.29 is 14.3 Å². The van der Waals surface area contributed by atoms with Gasteiger partial charge in [0.2, 0.25) is 0 Å². The molecule has 0 amide bonds. The van der Waals surface area contributed by atoms with Crippen LogP contribution in [0.2, 0.25) is 0 Å². The topological polar surface area (TPSA) is 35.5 Å². The standard InChI is InChI=1S/C8H10Br2O3/c1-2-12-8(11)6(10)7-5(9)3-4-13-7/h5H,2-4H2,1H3/b7-6+. The van der Waals surface area contributed by atoms with Crippen LogP contribution in [-0.2, 0) is 14.3 Å². The van der Waals surface area contributed by atoms with E-state index in [0.717, 1.165) is 6.42 Å². The van der Waals surface area contributed by atoms with Gasteiger partial charge in [0.15, 0.2) is 0 Å². The molecule has 13 heavy (non-hydrogen) atoms. The predicted molar refractivity (Wildman–Crippen MR) is 55.9 cm³/mol. The highest BCUT2D eigenvalue weighted by molar-refractivity contribution is 9.12. The summed E-state index contributed by atoms with van der Waals surface area (Å²) < 4.78 is 10.5. The largest absolute Gasteiger partial charge is 0.495 e. The average Bonchev–Trinajstić information content (AvgIpc) is 2.50. The first-order valence-electron chi connectivity index (χ1n) is 4.00. The first kappa shape index (κ1) is 11.0. The zero-order chi connectivity index (χ0) is 9.84. The summed E-state index contributed by atoms with van der Waals surface area (Å²) >= 11 is 6.57. The molecule has 0 N–H and O–H groups in total. The summed E-state index contributed by atoms with van der Waals surface area (Å²) in [4.78, 5) is 11.4. The van der Waals surface area contributed by atoms with E-state index in [-0.39, 0.29) is 10.8 Å². The van der Waals surface area contributed by atoms with Gasteiger partial charge in [-0.3, -0.25) is 0 Å². The van der Waals surface area contributed by atoms with Crippen LogP contribution in [0.3, 0.4) is 0 Å². The summed E-state index contributed by atoms with van der Waals surface area (Å²) in [5, 5.41) is 0. The zero-order valence-electron chi connectivity index (χ0n) is 7.18. The molecule has 0 aromatic rings. The Morgan fingerprint density at radius 2 is 2.46 bits per heavy atom. The minimum absolute atomic E-state index is 0.117. The van der Waals surface area contributed by atoms with E-state index in [1.165, 1.54) is 0 Å². The number of hydrogen-bond acceptors (Lipinski definition) is 3. The fourth-order valence-electron chi connectivity index (χ4n) is 0.990. The maximum Gasteiger partial charge on any atom is 0.348 e. The van der Waals surface area contributed by atoms with Gasteiger partial charge in [0.1, 0.15) is 10.2 Å². The van der Waals surface area contributed by atoms with Crippen LogP contribution in [0.1, 0.15) is 13.3 Å². The van der Waals surface area contributed by atoms with Crippen LogP contribution in [0.5, 0.6) is 0 Å². The number of rotatable bonds is 2. The molecular weight excluding hydrogens is 304 g/mol. The predicted octanol–water partition coefficient (Wildman–Crippen LogP) is 2.34. The van der Waals surface area contributed by atoms with Crippen molar-refractivity contribution in [2.75, 3.05) is 13.2 Å². The van der Waals surface area contributed by atoms with Crippen molar-refractivity contribution in [1.29, 1.82) is 0 Å². The summed E-state index contributed by atoms with van der Waals surface area (Å²) in [6, 6.07) is 0. The molecule has 74 valence electrons. The number of esters is 1. The summed E-state index contributed by atoms with van der Waals surface area (Å²) in [6.07, 6.45) is 0.879. The summed E-state index contributed by atoms with van der Waals surface area (Å²) in [5.41, 5.74) is 0. The molecule has 0 aliphatic carbocycles. The molecule has 0 aromatic carbocycles. The minimum Gasteiger partial charge on any atom is -0.495 e. The van der Waals surface area contributed by atoms with Gasteiger partial charge in [0.05, 0.1) is 18.0 Å². The molecule has 0 radical (unpaired) electrons.